The van der Waals surface area contributed by atoms with Gasteiger partial charge in [0.15, 0.2) is 5.75 Å². The number of nitrogens with two attached hydrogens (primary N) is 1. The van der Waals surface area contributed by atoms with E-state index in [1.807, 2.05) is 36.4 Å². The molecular weight excluding hydrogens is 378 g/mol. The van der Waals surface area contributed by atoms with Crippen molar-refractivity contribution >= 4 is 57.2 Å². The Morgan fingerprint density at radius 1 is 1.19 bits per heavy atom. The van der Waals surface area contributed by atoms with E-state index in [-0.39, 0.29) is 11.3 Å². The Labute approximate surface area is 168 Å². The number of carbonyl (C=O) groups excluding carboxylic acids is 1. The summed E-state index contributed by atoms with van der Waals surface area (Å²) in [6.45, 7) is 6.33. The average molecular weight is 402 g/mol. The Kier molecular flexibility index (Phi) is 5.26. The number of benzene rings is 2. The monoisotopic (exact) mass is 401 g/mol. The lowest BCUT2D eigenvalue weighted by atomic mass is 9.86. The van der Waals surface area contributed by atoms with Gasteiger partial charge >= 0.3 is 0 Å². The second-order valence-electron chi connectivity index (χ2n) is 7.29. The third kappa shape index (κ3) is 3.84. The van der Waals surface area contributed by atoms with Crippen LogP contribution in [0, 0.1) is 0 Å². The smallest absolute Gasteiger partial charge is 0.265 e. The quantitative estimate of drug-likeness (QED) is 0.353. The number of thiophene rings is 1. The van der Waals surface area contributed by atoms with E-state index in [0.717, 1.165) is 15.6 Å². The molecule has 0 aliphatic heterocycles. The molecule has 1 amide bonds. The molecule has 1 heterocycles. The summed E-state index contributed by atoms with van der Waals surface area (Å²) in [5, 5.41) is 3.87. The van der Waals surface area contributed by atoms with Crippen LogP contribution >= 0.6 is 24.2 Å². The van der Waals surface area contributed by atoms with Crippen molar-refractivity contribution in [2.75, 3.05) is 22.9 Å². The number of thiol groups is 1. The number of ether oxygens (including phenoxy) is 1. The maximum absolute atomic E-state index is 12.9. The van der Waals surface area contributed by atoms with Crippen LogP contribution in [-0.4, -0.2) is 13.0 Å². The zero-order chi connectivity index (χ0) is 19.8. The summed E-state index contributed by atoms with van der Waals surface area (Å²) in [5.74, 6) is 0.331. The standard InChI is InChI=1S/C20H23N3O2S2/c1-20(2,3)11-8-14(18(25-4)15(9-11)23-26)22-19(24)17-10-12-13(21)6-5-7-16(12)27-17/h5-10,23,26H,21H2,1-4H3,(H,22,24). The van der Waals surface area contributed by atoms with E-state index >= 15 is 0 Å². The highest BCUT2D eigenvalue weighted by Gasteiger charge is 2.21. The molecule has 0 atom stereocenters. The molecule has 0 saturated heterocycles. The van der Waals surface area contributed by atoms with Gasteiger partial charge in [0.1, 0.15) is 0 Å². The van der Waals surface area contributed by atoms with Gasteiger partial charge in [-0.25, -0.2) is 0 Å². The Bertz CT molecular complexity index is 1010. The van der Waals surface area contributed by atoms with E-state index in [1.165, 1.54) is 11.3 Å². The number of nitrogen functional groups attached to an aromatic ring is 1. The number of rotatable bonds is 4. The van der Waals surface area contributed by atoms with E-state index in [1.54, 1.807) is 7.11 Å². The molecule has 0 radical (unpaired) electrons. The number of anilines is 3. The zero-order valence-corrected chi connectivity index (χ0v) is 17.4. The van der Waals surface area contributed by atoms with E-state index < -0.39 is 0 Å². The molecule has 0 unspecified atom stereocenters. The minimum absolute atomic E-state index is 0.100. The van der Waals surface area contributed by atoms with Gasteiger partial charge in [-0.15, -0.1) is 11.3 Å². The van der Waals surface area contributed by atoms with Gasteiger partial charge in [0, 0.05) is 15.8 Å². The molecule has 1 aromatic heterocycles. The Morgan fingerprint density at radius 2 is 1.89 bits per heavy atom. The lowest BCUT2D eigenvalue weighted by molar-refractivity contribution is 0.103. The molecule has 27 heavy (non-hydrogen) atoms. The Balaban J connectivity index is 2.02. The van der Waals surface area contributed by atoms with E-state index in [2.05, 4.69) is 43.6 Å². The summed E-state index contributed by atoms with van der Waals surface area (Å²) < 4.78 is 9.33. The minimum atomic E-state index is -0.204. The summed E-state index contributed by atoms with van der Waals surface area (Å²) >= 11 is 5.58. The van der Waals surface area contributed by atoms with Gasteiger partial charge in [0.05, 0.1) is 23.4 Å². The second-order valence-corrected chi connectivity index (χ2v) is 8.60. The highest BCUT2D eigenvalue weighted by atomic mass is 32.1. The first-order valence-corrected chi connectivity index (χ1v) is 9.73. The Morgan fingerprint density at radius 3 is 2.48 bits per heavy atom. The van der Waals surface area contributed by atoms with Crippen molar-refractivity contribution in [2.24, 2.45) is 0 Å². The predicted molar refractivity (Wildman–Crippen MR) is 118 cm³/mol. The number of carbonyl (C=O) groups is 1. The molecule has 0 saturated carbocycles. The van der Waals surface area contributed by atoms with Gasteiger partial charge in [-0.2, -0.15) is 0 Å². The average Bonchev–Trinajstić information content (AvgIpc) is 3.06. The number of nitrogens with one attached hydrogen (secondary N) is 2. The molecule has 0 aliphatic rings. The number of hydrogen-bond donors (Lipinski definition) is 4. The fourth-order valence-electron chi connectivity index (χ4n) is 2.84. The molecule has 3 rings (SSSR count). The lowest BCUT2D eigenvalue weighted by Crippen LogP contribution is -2.15. The fraction of sp³-hybridized carbons (Fsp3) is 0.250. The fourth-order valence-corrected chi connectivity index (χ4v) is 3.99. The van der Waals surface area contributed by atoms with Crippen LogP contribution in [0.1, 0.15) is 36.0 Å². The summed E-state index contributed by atoms with van der Waals surface area (Å²) in [5.41, 5.74) is 8.92. The van der Waals surface area contributed by atoms with Crippen LogP contribution in [0.4, 0.5) is 17.1 Å². The SMILES string of the molecule is COc1c(NS)cc(C(C)(C)C)cc1NC(=O)c1cc2c(N)cccc2s1. The minimum Gasteiger partial charge on any atom is -0.492 e. The number of hydrogen-bond acceptors (Lipinski definition) is 6. The van der Waals surface area contributed by atoms with Crippen LogP contribution in [0.5, 0.6) is 5.75 Å². The third-order valence-electron chi connectivity index (χ3n) is 4.35. The van der Waals surface area contributed by atoms with Crippen LogP contribution < -0.4 is 20.5 Å². The van der Waals surface area contributed by atoms with Crippen LogP contribution in [0.25, 0.3) is 10.1 Å². The molecule has 2 aromatic carbocycles. The van der Waals surface area contributed by atoms with Gasteiger partial charge in [-0.05, 0) is 41.3 Å². The summed E-state index contributed by atoms with van der Waals surface area (Å²) in [6, 6.07) is 11.4. The van der Waals surface area contributed by atoms with Crippen molar-refractivity contribution in [3.05, 3.63) is 46.8 Å². The van der Waals surface area contributed by atoms with E-state index in [0.29, 0.717) is 27.7 Å². The van der Waals surface area contributed by atoms with Crippen molar-refractivity contribution in [1.82, 2.24) is 0 Å². The summed E-state index contributed by atoms with van der Waals surface area (Å²) in [4.78, 5) is 13.5. The second kappa shape index (κ2) is 7.32. The first-order valence-electron chi connectivity index (χ1n) is 8.46. The van der Waals surface area contributed by atoms with Crippen molar-refractivity contribution < 1.29 is 9.53 Å². The molecule has 0 spiro atoms. The van der Waals surface area contributed by atoms with Crippen molar-refractivity contribution in [3.63, 3.8) is 0 Å². The lowest BCUT2D eigenvalue weighted by Gasteiger charge is -2.23. The van der Waals surface area contributed by atoms with Crippen LogP contribution in [0.3, 0.4) is 0 Å². The molecule has 5 nitrogen and oxygen atoms in total. The van der Waals surface area contributed by atoms with Crippen LogP contribution in [0.15, 0.2) is 36.4 Å². The largest absolute Gasteiger partial charge is 0.492 e. The van der Waals surface area contributed by atoms with Crippen LogP contribution in [0.2, 0.25) is 0 Å². The third-order valence-corrected chi connectivity index (χ3v) is 5.69. The predicted octanol–water partition coefficient (Wildman–Crippen LogP) is 5.30. The number of amides is 1. The first-order chi connectivity index (χ1) is 12.7. The molecular formula is C20H23N3O2S2. The molecule has 7 heteroatoms. The highest BCUT2D eigenvalue weighted by Crippen LogP contribution is 2.39. The topological polar surface area (TPSA) is 76.4 Å². The number of fused-ring (bicyclic) bond motifs is 1. The maximum atomic E-state index is 12.9. The first kappa shape index (κ1) is 19.4. The molecule has 0 bridgehead atoms. The van der Waals surface area contributed by atoms with Gasteiger partial charge in [-0.1, -0.05) is 39.7 Å². The van der Waals surface area contributed by atoms with E-state index in [9.17, 15) is 4.79 Å². The summed E-state index contributed by atoms with van der Waals surface area (Å²) in [6.07, 6.45) is 0. The van der Waals surface area contributed by atoms with Crippen molar-refractivity contribution in [1.29, 1.82) is 0 Å². The zero-order valence-electron chi connectivity index (χ0n) is 15.7. The number of methoxy groups -OCH3 is 1. The van der Waals surface area contributed by atoms with Crippen LogP contribution in [-0.2, 0) is 5.41 Å². The Hall–Kier alpha value is -2.38. The van der Waals surface area contributed by atoms with Crippen molar-refractivity contribution in [3.8, 4) is 5.75 Å². The summed E-state index contributed by atoms with van der Waals surface area (Å²) in [7, 11) is 1.57. The van der Waals surface area contributed by atoms with Gasteiger partial charge in [0.2, 0.25) is 0 Å². The highest BCUT2D eigenvalue weighted by molar-refractivity contribution is 7.81. The van der Waals surface area contributed by atoms with Crippen molar-refractivity contribution in [2.45, 2.75) is 26.2 Å². The molecule has 0 aliphatic carbocycles. The van der Waals surface area contributed by atoms with Gasteiger partial charge < -0.3 is 20.5 Å². The molecule has 142 valence electrons. The van der Waals surface area contributed by atoms with Gasteiger partial charge in [0.25, 0.3) is 5.91 Å². The van der Waals surface area contributed by atoms with Gasteiger partial charge in [-0.3, -0.25) is 4.79 Å². The molecule has 3 aromatic rings. The maximum Gasteiger partial charge on any atom is 0.265 e. The molecule has 4 N–H and O–H groups in total. The normalized spacial score (nSPS) is 11.4. The molecule has 0 fully saturated rings. The van der Waals surface area contributed by atoms with E-state index in [4.69, 9.17) is 10.5 Å².